The van der Waals surface area contributed by atoms with Crippen LogP contribution in [0.1, 0.15) is 5.56 Å². The quantitative estimate of drug-likeness (QED) is 0.516. The molecular formula is C13H12F4O4. The van der Waals surface area contributed by atoms with E-state index in [-0.39, 0.29) is 11.3 Å². The molecule has 0 radical (unpaired) electrons. The number of aliphatic carboxylic acids is 1. The highest BCUT2D eigenvalue weighted by Crippen LogP contribution is 2.31. The first kappa shape index (κ1) is 16.8. The van der Waals surface area contributed by atoms with Crippen LogP contribution >= 0.6 is 0 Å². The smallest absolute Gasteiger partial charge is 0.449 e. The molecule has 21 heavy (non-hydrogen) atoms. The molecule has 0 aliphatic rings. The molecule has 0 heterocycles. The van der Waals surface area contributed by atoms with E-state index in [1.54, 1.807) is 0 Å². The second-order valence-corrected chi connectivity index (χ2v) is 3.95. The van der Waals surface area contributed by atoms with Crippen molar-refractivity contribution in [3.8, 4) is 5.75 Å². The number of methoxy groups -OCH3 is 2. The molecule has 116 valence electrons. The molecular weight excluding hydrogens is 296 g/mol. The maximum absolute atomic E-state index is 13.7. The van der Waals surface area contributed by atoms with E-state index in [2.05, 4.69) is 4.74 Å². The molecule has 0 aliphatic carbocycles. The summed E-state index contributed by atoms with van der Waals surface area (Å²) in [6, 6.07) is 3.42. The fraction of sp³-hybridized carbons (Fsp3) is 0.308. The molecule has 0 saturated carbocycles. The molecule has 4 nitrogen and oxygen atoms in total. The van der Waals surface area contributed by atoms with Gasteiger partial charge in [0.05, 0.1) is 19.8 Å². The van der Waals surface area contributed by atoms with E-state index in [4.69, 9.17) is 9.84 Å². The molecule has 0 bridgehead atoms. The van der Waals surface area contributed by atoms with Gasteiger partial charge in [0.1, 0.15) is 11.6 Å². The van der Waals surface area contributed by atoms with Crippen molar-refractivity contribution in [2.24, 2.45) is 0 Å². The van der Waals surface area contributed by atoms with Gasteiger partial charge in [0.2, 0.25) is 5.76 Å². The first-order valence-corrected chi connectivity index (χ1v) is 5.60. The van der Waals surface area contributed by atoms with E-state index >= 15 is 0 Å². The average Bonchev–Trinajstić information content (AvgIpc) is 2.38. The largest absolute Gasteiger partial charge is 0.497 e. The summed E-state index contributed by atoms with van der Waals surface area (Å²) in [6.45, 7) is 0. The van der Waals surface area contributed by atoms with E-state index < -0.39 is 35.7 Å². The lowest BCUT2D eigenvalue weighted by Crippen LogP contribution is -2.21. The summed E-state index contributed by atoms with van der Waals surface area (Å²) in [5, 5.41) is 8.91. The fourth-order valence-corrected chi connectivity index (χ4v) is 1.65. The van der Waals surface area contributed by atoms with E-state index in [1.807, 2.05) is 0 Å². The van der Waals surface area contributed by atoms with Crippen molar-refractivity contribution < 1.29 is 36.9 Å². The Morgan fingerprint density at radius 2 is 1.90 bits per heavy atom. The normalized spacial score (nSPS) is 12.7. The number of carboxylic acids is 1. The molecule has 0 saturated heterocycles. The number of hydrogen-bond donors (Lipinski definition) is 1. The molecule has 0 aromatic heterocycles. The molecule has 1 aromatic carbocycles. The van der Waals surface area contributed by atoms with Crippen molar-refractivity contribution in [2.45, 2.75) is 12.6 Å². The number of rotatable bonds is 5. The van der Waals surface area contributed by atoms with Crippen LogP contribution in [0.3, 0.4) is 0 Å². The SMILES string of the molecule is CO/C(=C(\Cc1ccc(OC)cc1F)C(=O)O)C(F)(F)F. The third-order valence-corrected chi connectivity index (χ3v) is 2.62. The zero-order valence-corrected chi connectivity index (χ0v) is 11.1. The summed E-state index contributed by atoms with van der Waals surface area (Å²) in [4.78, 5) is 11.0. The zero-order chi connectivity index (χ0) is 16.2. The van der Waals surface area contributed by atoms with Gasteiger partial charge in [-0.1, -0.05) is 6.07 Å². The van der Waals surface area contributed by atoms with E-state index in [9.17, 15) is 22.4 Å². The van der Waals surface area contributed by atoms with Gasteiger partial charge in [-0.05, 0) is 11.6 Å². The number of allylic oxidation sites excluding steroid dienone is 1. The highest BCUT2D eigenvalue weighted by molar-refractivity contribution is 5.88. The predicted molar refractivity (Wildman–Crippen MR) is 64.4 cm³/mol. The van der Waals surface area contributed by atoms with Crippen molar-refractivity contribution in [1.82, 2.24) is 0 Å². The predicted octanol–water partition coefficient (Wildman–Crippen LogP) is 2.92. The number of carbonyl (C=O) groups is 1. The monoisotopic (exact) mass is 308 g/mol. The van der Waals surface area contributed by atoms with Crippen molar-refractivity contribution in [1.29, 1.82) is 0 Å². The third-order valence-electron chi connectivity index (χ3n) is 2.62. The van der Waals surface area contributed by atoms with Crippen LogP contribution in [0, 0.1) is 5.82 Å². The molecule has 1 N–H and O–H groups in total. The van der Waals surface area contributed by atoms with Gasteiger partial charge in [0, 0.05) is 12.5 Å². The number of carboxylic acid groups (broad SMARTS) is 1. The summed E-state index contributed by atoms with van der Waals surface area (Å²) < 4.78 is 60.7. The van der Waals surface area contributed by atoms with Crippen molar-refractivity contribution in [2.75, 3.05) is 14.2 Å². The van der Waals surface area contributed by atoms with Crippen LogP contribution in [0.25, 0.3) is 0 Å². The fourth-order valence-electron chi connectivity index (χ4n) is 1.65. The average molecular weight is 308 g/mol. The molecule has 0 fully saturated rings. The molecule has 0 atom stereocenters. The van der Waals surface area contributed by atoms with Crippen LogP contribution in [0.15, 0.2) is 29.5 Å². The Labute approximate surface area is 117 Å². The Kier molecular flexibility index (Phi) is 5.17. The number of halogens is 4. The first-order valence-electron chi connectivity index (χ1n) is 5.60. The minimum absolute atomic E-state index is 0.167. The standard InChI is InChI=1S/C13H12F4O4/c1-20-8-4-3-7(10(14)6-8)5-9(12(18)19)11(21-2)13(15,16)17/h3-4,6H,5H2,1-2H3,(H,18,19)/b11-9+. The molecule has 1 rings (SSSR count). The van der Waals surface area contributed by atoms with Gasteiger partial charge in [-0.2, -0.15) is 13.2 Å². The van der Waals surface area contributed by atoms with Crippen LogP contribution in [-0.2, 0) is 16.0 Å². The van der Waals surface area contributed by atoms with Crippen molar-refractivity contribution in [3.63, 3.8) is 0 Å². The summed E-state index contributed by atoms with van der Waals surface area (Å²) in [5.41, 5.74) is -1.29. The van der Waals surface area contributed by atoms with Gasteiger partial charge in [0.25, 0.3) is 0 Å². The summed E-state index contributed by atoms with van der Waals surface area (Å²) in [5.74, 6) is -4.20. The van der Waals surface area contributed by atoms with Crippen molar-refractivity contribution in [3.05, 3.63) is 40.9 Å². The van der Waals surface area contributed by atoms with E-state index in [0.29, 0.717) is 7.11 Å². The number of ether oxygens (including phenoxy) is 2. The van der Waals surface area contributed by atoms with Gasteiger partial charge < -0.3 is 14.6 Å². The lowest BCUT2D eigenvalue weighted by Gasteiger charge is -2.14. The Bertz CT molecular complexity index is 564. The highest BCUT2D eigenvalue weighted by Gasteiger charge is 2.40. The first-order chi connectivity index (χ1) is 9.70. The maximum atomic E-state index is 13.7. The summed E-state index contributed by atoms with van der Waals surface area (Å²) in [6.07, 6.45) is -5.75. The van der Waals surface area contributed by atoms with Gasteiger partial charge >= 0.3 is 12.1 Å². The lowest BCUT2D eigenvalue weighted by molar-refractivity contribution is -0.140. The number of benzene rings is 1. The Morgan fingerprint density at radius 3 is 2.29 bits per heavy atom. The van der Waals surface area contributed by atoms with Gasteiger partial charge in [0.15, 0.2) is 0 Å². The van der Waals surface area contributed by atoms with Crippen molar-refractivity contribution >= 4 is 5.97 Å². The minimum atomic E-state index is -4.98. The number of hydrogen-bond acceptors (Lipinski definition) is 3. The Hall–Kier alpha value is -2.25. The topological polar surface area (TPSA) is 55.8 Å². The number of alkyl halides is 3. The van der Waals surface area contributed by atoms with E-state index in [0.717, 1.165) is 12.1 Å². The second kappa shape index (κ2) is 6.47. The zero-order valence-electron chi connectivity index (χ0n) is 11.1. The van der Waals surface area contributed by atoms with Crippen LogP contribution < -0.4 is 4.74 Å². The summed E-state index contributed by atoms with van der Waals surface area (Å²) in [7, 11) is 2.00. The summed E-state index contributed by atoms with van der Waals surface area (Å²) >= 11 is 0. The highest BCUT2D eigenvalue weighted by atomic mass is 19.4. The minimum Gasteiger partial charge on any atom is -0.497 e. The van der Waals surface area contributed by atoms with Crippen LogP contribution in [0.4, 0.5) is 17.6 Å². The molecule has 0 aliphatic heterocycles. The maximum Gasteiger partial charge on any atom is 0.449 e. The molecule has 0 unspecified atom stereocenters. The molecule has 1 aromatic rings. The van der Waals surface area contributed by atoms with Gasteiger partial charge in [-0.25, -0.2) is 9.18 Å². The molecule has 0 spiro atoms. The van der Waals surface area contributed by atoms with Crippen LogP contribution in [-0.4, -0.2) is 31.5 Å². The van der Waals surface area contributed by atoms with E-state index in [1.165, 1.54) is 13.2 Å². The van der Waals surface area contributed by atoms with Crippen LogP contribution in [0.5, 0.6) is 5.75 Å². The van der Waals surface area contributed by atoms with Crippen LogP contribution in [0.2, 0.25) is 0 Å². The Morgan fingerprint density at radius 1 is 1.29 bits per heavy atom. The third kappa shape index (κ3) is 4.11. The molecule has 0 amide bonds. The van der Waals surface area contributed by atoms with Gasteiger partial charge in [-0.3, -0.25) is 0 Å². The lowest BCUT2D eigenvalue weighted by atomic mass is 10.0. The second-order valence-electron chi connectivity index (χ2n) is 3.95. The molecule has 8 heteroatoms. The van der Waals surface area contributed by atoms with Gasteiger partial charge in [-0.15, -0.1) is 0 Å². The Balaban J connectivity index is 3.27.